The SMILES string of the molecule is Nc1ccc(-n2ccc3cnc4[nH]ccc4c32)cn1. The maximum Gasteiger partial charge on any atom is 0.139 e. The molecule has 0 aromatic carbocycles. The van der Waals surface area contributed by atoms with Crippen LogP contribution in [0.4, 0.5) is 5.82 Å². The number of anilines is 1. The summed E-state index contributed by atoms with van der Waals surface area (Å²) in [5.74, 6) is 0.522. The van der Waals surface area contributed by atoms with Crippen molar-refractivity contribution in [3.8, 4) is 5.69 Å². The van der Waals surface area contributed by atoms with Crippen LogP contribution in [0.1, 0.15) is 0 Å². The molecule has 4 aromatic rings. The van der Waals surface area contributed by atoms with Gasteiger partial charge in [-0.15, -0.1) is 0 Å². The lowest BCUT2D eigenvalue weighted by atomic mass is 10.2. The molecule has 4 aromatic heterocycles. The first-order valence-electron chi connectivity index (χ1n) is 5.98. The molecule has 4 rings (SSSR count). The van der Waals surface area contributed by atoms with Gasteiger partial charge in [-0.25, -0.2) is 9.97 Å². The number of aromatic nitrogens is 4. The van der Waals surface area contributed by atoms with Gasteiger partial charge in [0.15, 0.2) is 0 Å². The van der Waals surface area contributed by atoms with Crippen LogP contribution in [0.5, 0.6) is 0 Å². The molecule has 0 saturated heterocycles. The molecule has 0 unspecified atom stereocenters. The van der Waals surface area contributed by atoms with Crippen LogP contribution in [0.15, 0.2) is 49.1 Å². The van der Waals surface area contributed by atoms with Gasteiger partial charge in [-0.3, -0.25) is 0 Å². The van der Waals surface area contributed by atoms with Crippen molar-refractivity contribution in [1.29, 1.82) is 0 Å². The van der Waals surface area contributed by atoms with Crippen LogP contribution in [0.3, 0.4) is 0 Å². The van der Waals surface area contributed by atoms with Gasteiger partial charge in [-0.05, 0) is 24.3 Å². The summed E-state index contributed by atoms with van der Waals surface area (Å²) in [6.07, 6.45) is 7.56. The number of nitrogens with zero attached hydrogens (tertiary/aromatic N) is 3. The summed E-state index contributed by atoms with van der Waals surface area (Å²) < 4.78 is 2.10. The molecule has 92 valence electrons. The van der Waals surface area contributed by atoms with Crippen molar-refractivity contribution in [3.63, 3.8) is 0 Å². The fourth-order valence-corrected chi connectivity index (χ4v) is 2.38. The minimum absolute atomic E-state index is 0.522. The van der Waals surface area contributed by atoms with Crippen molar-refractivity contribution < 1.29 is 0 Å². The molecule has 0 saturated carbocycles. The van der Waals surface area contributed by atoms with Crippen molar-refractivity contribution >= 4 is 27.8 Å². The fraction of sp³-hybridized carbons (Fsp3) is 0. The van der Waals surface area contributed by atoms with Crippen LogP contribution in [-0.2, 0) is 0 Å². The van der Waals surface area contributed by atoms with Crippen molar-refractivity contribution in [1.82, 2.24) is 19.5 Å². The molecule has 0 aliphatic carbocycles. The predicted molar refractivity (Wildman–Crippen MR) is 75.1 cm³/mol. The highest BCUT2D eigenvalue weighted by molar-refractivity contribution is 6.03. The van der Waals surface area contributed by atoms with E-state index in [-0.39, 0.29) is 0 Å². The Bertz CT molecular complexity index is 870. The molecule has 0 atom stereocenters. The number of nitrogens with two attached hydrogens (primary N) is 1. The number of hydrogen-bond donors (Lipinski definition) is 2. The van der Waals surface area contributed by atoms with E-state index in [0.29, 0.717) is 5.82 Å². The number of H-pyrrole nitrogens is 1. The fourth-order valence-electron chi connectivity index (χ4n) is 2.38. The molecule has 19 heavy (non-hydrogen) atoms. The van der Waals surface area contributed by atoms with E-state index >= 15 is 0 Å². The van der Waals surface area contributed by atoms with E-state index in [9.17, 15) is 0 Å². The number of nitrogens with one attached hydrogen (secondary N) is 1. The second-order valence-electron chi connectivity index (χ2n) is 4.43. The molecule has 0 fully saturated rings. The quantitative estimate of drug-likeness (QED) is 0.544. The van der Waals surface area contributed by atoms with E-state index in [0.717, 1.165) is 27.6 Å². The van der Waals surface area contributed by atoms with Gasteiger partial charge in [0.2, 0.25) is 0 Å². The number of fused-ring (bicyclic) bond motifs is 3. The summed E-state index contributed by atoms with van der Waals surface area (Å²) >= 11 is 0. The molecule has 0 amide bonds. The predicted octanol–water partition coefficient (Wildman–Crippen LogP) is 2.48. The first kappa shape index (κ1) is 10.1. The van der Waals surface area contributed by atoms with Crippen LogP contribution < -0.4 is 5.73 Å². The van der Waals surface area contributed by atoms with Crippen LogP contribution in [0, 0.1) is 0 Å². The summed E-state index contributed by atoms with van der Waals surface area (Å²) in [5, 5.41) is 2.20. The lowest BCUT2D eigenvalue weighted by Crippen LogP contribution is -1.95. The molecule has 5 nitrogen and oxygen atoms in total. The van der Waals surface area contributed by atoms with Gasteiger partial charge in [-0.1, -0.05) is 0 Å². The van der Waals surface area contributed by atoms with E-state index in [1.807, 2.05) is 36.8 Å². The van der Waals surface area contributed by atoms with Gasteiger partial charge in [0, 0.05) is 29.4 Å². The number of rotatable bonds is 1. The number of hydrogen-bond acceptors (Lipinski definition) is 3. The maximum absolute atomic E-state index is 5.63. The second-order valence-corrected chi connectivity index (χ2v) is 4.43. The topological polar surface area (TPSA) is 72.5 Å². The summed E-state index contributed by atoms with van der Waals surface area (Å²) in [5.41, 5.74) is 8.62. The largest absolute Gasteiger partial charge is 0.384 e. The first-order chi connectivity index (χ1) is 9.33. The molecule has 5 heteroatoms. The number of nitrogen functional groups attached to an aromatic ring is 1. The maximum atomic E-state index is 5.63. The van der Waals surface area contributed by atoms with Crippen molar-refractivity contribution in [2.24, 2.45) is 0 Å². The van der Waals surface area contributed by atoms with Crippen LogP contribution in [-0.4, -0.2) is 19.5 Å². The average Bonchev–Trinajstić information content (AvgIpc) is 3.04. The third-order valence-electron chi connectivity index (χ3n) is 3.28. The first-order valence-corrected chi connectivity index (χ1v) is 5.98. The van der Waals surface area contributed by atoms with Gasteiger partial charge >= 0.3 is 0 Å². The van der Waals surface area contributed by atoms with E-state index < -0.39 is 0 Å². The standard InChI is InChI=1S/C14H11N5/c15-12-2-1-10(8-17-12)19-6-4-9-7-18-14-11(13(9)19)3-5-16-14/h1-8H,(H2,15,17)(H,16,18). The van der Waals surface area contributed by atoms with Gasteiger partial charge in [0.1, 0.15) is 11.5 Å². The minimum atomic E-state index is 0.522. The zero-order valence-electron chi connectivity index (χ0n) is 10.0. The Morgan fingerprint density at radius 3 is 2.84 bits per heavy atom. The van der Waals surface area contributed by atoms with Crippen molar-refractivity contribution in [2.45, 2.75) is 0 Å². The van der Waals surface area contributed by atoms with Gasteiger partial charge < -0.3 is 15.3 Å². The van der Waals surface area contributed by atoms with E-state index in [4.69, 9.17) is 5.73 Å². The van der Waals surface area contributed by atoms with E-state index in [1.165, 1.54) is 0 Å². The van der Waals surface area contributed by atoms with Crippen LogP contribution in [0.25, 0.3) is 27.6 Å². The van der Waals surface area contributed by atoms with Gasteiger partial charge in [-0.2, -0.15) is 0 Å². The molecule has 0 spiro atoms. The highest BCUT2D eigenvalue weighted by Gasteiger charge is 2.09. The zero-order valence-corrected chi connectivity index (χ0v) is 10.0. The van der Waals surface area contributed by atoms with Crippen LogP contribution in [0.2, 0.25) is 0 Å². The highest BCUT2D eigenvalue weighted by atomic mass is 15.0. The Kier molecular flexibility index (Phi) is 1.91. The smallest absolute Gasteiger partial charge is 0.139 e. The molecule has 4 heterocycles. The Balaban J connectivity index is 2.09. The Labute approximate surface area is 108 Å². The lowest BCUT2D eigenvalue weighted by molar-refractivity contribution is 1.11. The highest BCUT2D eigenvalue weighted by Crippen LogP contribution is 2.26. The Morgan fingerprint density at radius 2 is 2.00 bits per heavy atom. The van der Waals surface area contributed by atoms with Gasteiger partial charge in [0.05, 0.1) is 17.4 Å². The minimum Gasteiger partial charge on any atom is -0.384 e. The molecule has 0 bridgehead atoms. The molecule has 3 N–H and O–H groups in total. The normalized spacial score (nSPS) is 11.4. The van der Waals surface area contributed by atoms with Crippen molar-refractivity contribution in [3.05, 3.63) is 49.1 Å². The monoisotopic (exact) mass is 249 g/mol. The second kappa shape index (κ2) is 3.58. The van der Waals surface area contributed by atoms with E-state index in [2.05, 4.69) is 19.5 Å². The third-order valence-corrected chi connectivity index (χ3v) is 3.28. The van der Waals surface area contributed by atoms with Crippen LogP contribution >= 0.6 is 0 Å². The average molecular weight is 249 g/mol. The summed E-state index contributed by atoms with van der Waals surface area (Å²) in [6.45, 7) is 0. The number of pyridine rings is 2. The Morgan fingerprint density at radius 1 is 1.05 bits per heavy atom. The number of aromatic amines is 1. The van der Waals surface area contributed by atoms with Gasteiger partial charge in [0.25, 0.3) is 0 Å². The molecule has 0 radical (unpaired) electrons. The summed E-state index contributed by atoms with van der Waals surface area (Å²) in [6, 6.07) is 7.84. The lowest BCUT2D eigenvalue weighted by Gasteiger charge is -2.06. The molecule has 0 aliphatic heterocycles. The Hall–Kier alpha value is -2.82. The summed E-state index contributed by atoms with van der Waals surface area (Å²) in [7, 11) is 0. The zero-order chi connectivity index (χ0) is 12.8. The molecular weight excluding hydrogens is 238 g/mol. The van der Waals surface area contributed by atoms with Crippen molar-refractivity contribution in [2.75, 3.05) is 5.73 Å². The third kappa shape index (κ3) is 1.41. The van der Waals surface area contributed by atoms with E-state index in [1.54, 1.807) is 12.3 Å². The summed E-state index contributed by atoms with van der Waals surface area (Å²) in [4.78, 5) is 11.7. The molecular formula is C14H11N5. The molecule has 0 aliphatic rings.